The summed E-state index contributed by atoms with van der Waals surface area (Å²) in [5.41, 5.74) is 0. The fourth-order valence-electron chi connectivity index (χ4n) is 0.758. The molecule has 13 heavy (non-hydrogen) atoms. The molecule has 0 saturated heterocycles. The van der Waals surface area contributed by atoms with E-state index in [-0.39, 0.29) is 11.8 Å². The van der Waals surface area contributed by atoms with E-state index in [1.165, 1.54) is 6.92 Å². The molecule has 0 aliphatic heterocycles. The van der Waals surface area contributed by atoms with Gasteiger partial charge in [-0.25, -0.2) is 0 Å². The summed E-state index contributed by atoms with van der Waals surface area (Å²) in [7, 11) is 0. The standard InChI is InChI=1S/C9H18N2O2/c1-7(2)6-11-9(13)4-5-10-8(3)12/h7H,4-6H2,1-3H3,(H,10,12)(H,11,13). The van der Waals surface area contributed by atoms with Crippen molar-refractivity contribution < 1.29 is 9.59 Å². The highest BCUT2D eigenvalue weighted by Gasteiger charge is 2.01. The van der Waals surface area contributed by atoms with Crippen LogP contribution in [0.3, 0.4) is 0 Å². The van der Waals surface area contributed by atoms with Crippen molar-refractivity contribution in [2.75, 3.05) is 13.1 Å². The molecule has 76 valence electrons. The predicted octanol–water partition coefficient (Wildman–Crippen LogP) is 0.285. The first-order valence-corrected chi connectivity index (χ1v) is 4.53. The van der Waals surface area contributed by atoms with Crippen LogP contribution in [0.2, 0.25) is 0 Å². The van der Waals surface area contributed by atoms with Crippen LogP contribution >= 0.6 is 0 Å². The van der Waals surface area contributed by atoms with Gasteiger partial charge in [-0.1, -0.05) is 13.8 Å². The van der Waals surface area contributed by atoms with Crippen molar-refractivity contribution in [3.63, 3.8) is 0 Å². The molecule has 4 nitrogen and oxygen atoms in total. The van der Waals surface area contributed by atoms with Gasteiger partial charge in [-0.3, -0.25) is 9.59 Å². The lowest BCUT2D eigenvalue weighted by atomic mass is 10.2. The number of amides is 2. The van der Waals surface area contributed by atoms with Gasteiger partial charge in [0.2, 0.25) is 11.8 Å². The van der Waals surface area contributed by atoms with Crippen molar-refractivity contribution in [3.8, 4) is 0 Å². The Morgan fingerprint density at radius 1 is 1.23 bits per heavy atom. The molecule has 0 radical (unpaired) electrons. The van der Waals surface area contributed by atoms with Crippen LogP contribution in [0.5, 0.6) is 0 Å². The minimum absolute atomic E-state index is 0.0116. The molecule has 0 saturated carbocycles. The van der Waals surface area contributed by atoms with Crippen molar-refractivity contribution in [1.29, 1.82) is 0 Å². The molecule has 2 amide bonds. The summed E-state index contributed by atoms with van der Waals surface area (Å²) in [4.78, 5) is 21.5. The van der Waals surface area contributed by atoms with E-state index in [2.05, 4.69) is 10.6 Å². The second-order valence-electron chi connectivity index (χ2n) is 3.43. The largest absolute Gasteiger partial charge is 0.356 e. The van der Waals surface area contributed by atoms with Crippen LogP contribution in [-0.2, 0) is 9.59 Å². The fraction of sp³-hybridized carbons (Fsp3) is 0.778. The zero-order chi connectivity index (χ0) is 10.3. The lowest BCUT2D eigenvalue weighted by molar-refractivity contribution is -0.121. The lowest BCUT2D eigenvalue weighted by Gasteiger charge is -2.07. The van der Waals surface area contributed by atoms with E-state index in [1.807, 2.05) is 13.8 Å². The highest BCUT2D eigenvalue weighted by atomic mass is 16.2. The molecule has 0 aliphatic carbocycles. The van der Waals surface area contributed by atoms with Crippen LogP contribution in [0.15, 0.2) is 0 Å². The average molecular weight is 186 g/mol. The van der Waals surface area contributed by atoms with E-state index in [0.717, 1.165) is 0 Å². The minimum Gasteiger partial charge on any atom is -0.356 e. The molecule has 0 bridgehead atoms. The Balaban J connectivity index is 3.35. The lowest BCUT2D eigenvalue weighted by Crippen LogP contribution is -2.31. The molecule has 0 aliphatic rings. The van der Waals surface area contributed by atoms with E-state index >= 15 is 0 Å². The van der Waals surface area contributed by atoms with Crippen molar-refractivity contribution in [3.05, 3.63) is 0 Å². The summed E-state index contributed by atoms with van der Waals surface area (Å²) in [5.74, 6) is 0.351. The third-order valence-electron chi connectivity index (χ3n) is 1.43. The quantitative estimate of drug-likeness (QED) is 0.648. The maximum atomic E-state index is 11.1. The van der Waals surface area contributed by atoms with Gasteiger partial charge in [0.15, 0.2) is 0 Å². The Labute approximate surface area is 79.1 Å². The van der Waals surface area contributed by atoms with Gasteiger partial charge in [0, 0.05) is 26.4 Å². The summed E-state index contributed by atoms with van der Waals surface area (Å²) >= 11 is 0. The number of rotatable bonds is 5. The number of nitrogens with one attached hydrogen (secondary N) is 2. The molecule has 0 fully saturated rings. The van der Waals surface area contributed by atoms with Crippen LogP contribution in [0, 0.1) is 5.92 Å². The monoisotopic (exact) mass is 186 g/mol. The van der Waals surface area contributed by atoms with Gasteiger partial charge in [0.25, 0.3) is 0 Å². The second-order valence-corrected chi connectivity index (χ2v) is 3.43. The average Bonchev–Trinajstić information content (AvgIpc) is 2.00. The molecule has 2 N–H and O–H groups in total. The Bertz CT molecular complexity index is 178. The predicted molar refractivity (Wildman–Crippen MR) is 51.1 cm³/mol. The molecule has 0 unspecified atom stereocenters. The molecule has 0 heterocycles. The topological polar surface area (TPSA) is 58.2 Å². The highest BCUT2D eigenvalue weighted by molar-refractivity contribution is 5.77. The Kier molecular flexibility index (Phi) is 5.93. The number of hydrogen-bond acceptors (Lipinski definition) is 2. The van der Waals surface area contributed by atoms with Gasteiger partial charge in [0.05, 0.1) is 0 Å². The Hall–Kier alpha value is -1.06. The zero-order valence-corrected chi connectivity index (χ0v) is 8.52. The smallest absolute Gasteiger partial charge is 0.221 e. The summed E-state index contributed by atoms with van der Waals surface area (Å²) in [5, 5.41) is 5.33. The van der Waals surface area contributed by atoms with Gasteiger partial charge >= 0.3 is 0 Å². The molecular formula is C9H18N2O2. The molecule has 4 heteroatoms. The van der Waals surface area contributed by atoms with Crippen LogP contribution < -0.4 is 10.6 Å². The van der Waals surface area contributed by atoms with Gasteiger partial charge in [-0.05, 0) is 5.92 Å². The maximum absolute atomic E-state index is 11.1. The number of hydrogen-bond donors (Lipinski definition) is 2. The van der Waals surface area contributed by atoms with Gasteiger partial charge in [0.1, 0.15) is 0 Å². The van der Waals surface area contributed by atoms with Crippen LogP contribution in [0.1, 0.15) is 27.2 Å². The maximum Gasteiger partial charge on any atom is 0.221 e. The summed E-state index contributed by atoms with van der Waals surface area (Å²) in [6, 6.07) is 0. The van der Waals surface area contributed by atoms with Crippen molar-refractivity contribution in [1.82, 2.24) is 10.6 Å². The highest BCUT2D eigenvalue weighted by Crippen LogP contribution is 1.87. The third kappa shape index (κ3) is 8.85. The van der Waals surface area contributed by atoms with E-state index in [4.69, 9.17) is 0 Å². The first kappa shape index (κ1) is 11.9. The molecule has 0 spiro atoms. The van der Waals surface area contributed by atoms with E-state index in [9.17, 15) is 9.59 Å². The van der Waals surface area contributed by atoms with Gasteiger partial charge < -0.3 is 10.6 Å². The van der Waals surface area contributed by atoms with Crippen molar-refractivity contribution in [2.24, 2.45) is 5.92 Å². The number of carbonyl (C=O) groups is 2. The first-order valence-electron chi connectivity index (χ1n) is 4.53. The fourth-order valence-corrected chi connectivity index (χ4v) is 0.758. The minimum atomic E-state index is -0.100. The first-order chi connectivity index (χ1) is 6.02. The molecule has 0 aromatic heterocycles. The third-order valence-corrected chi connectivity index (χ3v) is 1.43. The molecule has 0 aromatic rings. The Morgan fingerprint density at radius 3 is 2.31 bits per heavy atom. The van der Waals surface area contributed by atoms with Crippen molar-refractivity contribution >= 4 is 11.8 Å². The van der Waals surface area contributed by atoms with Crippen LogP contribution in [0.25, 0.3) is 0 Å². The van der Waals surface area contributed by atoms with Gasteiger partial charge in [-0.15, -0.1) is 0 Å². The Morgan fingerprint density at radius 2 is 1.85 bits per heavy atom. The number of carbonyl (C=O) groups excluding carboxylic acids is 2. The SMILES string of the molecule is CC(=O)NCCC(=O)NCC(C)C. The van der Waals surface area contributed by atoms with Gasteiger partial charge in [-0.2, -0.15) is 0 Å². The van der Waals surface area contributed by atoms with E-state index in [0.29, 0.717) is 25.4 Å². The normalized spacial score (nSPS) is 9.85. The van der Waals surface area contributed by atoms with Crippen LogP contribution in [0.4, 0.5) is 0 Å². The molecule has 0 aromatic carbocycles. The van der Waals surface area contributed by atoms with Crippen LogP contribution in [-0.4, -0.2) is 24.9 Å². The summed E-state index contributed by atoms with van der Waals surface area (Å²) in [6.45, 7) is 6.62. The summed E-state index contributed by atoms with van der Waals surface area (Å²) in [6.07, 6.45) is 0.353. The van der Waals surface area contributed by atoms with Crippen molar-refractivity contribution in [2.45, 2.75) is 27.2 Å². The van der Waals surface area contributed by atoms with E-state index < -0.39 is 0 Å². The van der Waals surface area contributed by atoms with E-state index in [1.54, 1.807) is 0 Å². The zero-order valence-electron chi connectivity index (χ0n) is 8.52. The summed E-state index contributed by atoms with van der Waals surface area (Å²) < 4.78 is 0. The molecular weight excluding hydrogens is 168 g/mol. The molecule has 0 atom stereocenters. The molecule has 0 rings (SSSR count). The second kappa shape index (κ2) is 6.46.